The van der Waals surface area contributed by atoms with E-state index >= 15 is 0 Å². The molecule has 166 valence electrons. The van der Waals surface area contributed by atoms with Crippen LogP contribution < -0.4 is 9.64 Å². The molecule has 32 heavy (non-hydrogen) atoms. The van der Waals surface area contributed by atoms with E-state index in [1.807, 2.05) is 53.4 Å². The van der Waals surface area contributed by atoms with Gasteiger partial charge in [-0.05, 0) is 37.1 Å². The Morgan fingerprint density at radius 1 is 1.12 bits per heavy atom. The number of hydrogen-bond donors (Lipinski definition) is 0. The SMILES string of the molecule is CCC(C(=O)N1CCN(c2cc(Oc3cccc(Cl)c3)ncn2)CC1C)c1ccccc1. The number of aromatic nitrogens is 2. The summed E-state index contributed by atoms with van der Waals surface area (Å²) in [6, 6.07) is 19.1. The van der Waals surface area contributed by atoms with Crippen LogP contribution in [-0.4, -0.2) is 46.5 Å². The molecule has 2 unspecified atom stereocenters. The van der Waals surface area contributed by atoms with Gasteiger partial charge in [-0.1, -0.05) is 54.9 Å². The molecule has 0 aliphatic carbocycles. The third-order valence-electron chi connectivity index (χ3n) is 5.79. The lowest BCUT2D eigenvalue weighted by molar-refractivity contribution is -0.135. The second-order valence-electron chi connectivity index (χ2n) is 7.97. The van der Waals surface area contributed by atoms with Crippen LogP contribution in [0.3, 0.4) is 0 Å². The standard InChI is InChI=1S/C25H27ClN4O2/c1-3-22(19-8-5-4-6-9-19)25(31)30-13-12-29(16-18(30)2)23-15-24(28-17-27-23)32-21-11-7-10-20(26)14-21/h4-11,14-15,17-18,22H,3,12-13,16H2,1-2H3. The Bertz CT molecular complexity index is 1060. The molecule has 1 fully saturated rings. The van der Waals surface area contributed by atoms with Gasteiger partial charge in [-0.15, -0.1) is 0 Å². The van der Waals surface area contributed by atoms with Gasteiger partial charge in [-0.2, -0.15) is 0 Å². The molecular formula is C25H27ClN4O2. The number of rotatable bonds is 6. The summed E-state index contributed by atoms with van der Waals surface area (Å²) >= 11 is 6.04. The number of ether oxygens (including phenoxy) is 1. The van der Waals surface area contributed by atoms with Crippen molar-refractivity contribution in [3.8, 4) is 11.6 Å². The number of carbonyl (C=O) groups is 1. The van der Waals surface area contributed by atoms with Gasteiger partial charge < -0.3 is 14.5 Å². The molecule has 1 aliphatic rings. The third kappa shape index (κ3) is 5.02. The summed E-state index contributed by atoms with van der Waals surface area (Å²) in [6.45, 7) is 6.21. The highest BCUT2D eigenvalue weighted by Gasteiger charge is 2.32. The molecule has 2 atom stereocenters. The minimum Gasteiger partial charge on any atom is -0.439 e. The van der Waals surface area contributed by atoms with Crippen molar-refractivity contribution in [2.24, 2.45) is 0 Å². The van der Waals surface area contributed by atoms with Crippen LogP contribution in [0.5, 0.6) is 11.6 Å². The van der Waals surface area contributed by atoms with Gasteiger partial charge in [0.2, 0.25) is 11.8 Å². The first-order chi connectivity index (χ1) is 15.5. The summed E-state index contributed by atoms with van der Waals surface area (Å²) in [5.74, 6) is 1.95. The van der Waals surface area contributed by atoms with Crippen molar-refractivity contribution in [3.63, 3.8) is 0 Å². The van der Waals surface area contributed by atoms with Crippen molar-refractivity contribution in [1.29, 1.82) is 0 Å². The second-order valence-corrected chi connectivity index (χ2v) is 8.41. The maximum absolute atomic E-state index is 13.3. The van der Waals surface area contributed by atoms with Gasteiger partial charge in [0.25, 0.3) is 0 Å². The predicted octanol–water partition coefficient (Wildman–Crippen LogP) is 5.15. The average Bonchev–Trinajstić information content (AvgIpc) is 2.80. The molecule has 3 aromatic rings. The fraction of sp³-hybridized carbons (Fsp3) is 0.320. The minimum atomic E-state index is -0.109. The van der Waals surface area contributed by atoms with Crippen LogP contribution in [0.1, 0.15) is 31.7 Å². The van der Waals surface area contributed by atoms with Gasteiger partial charge in [0, 0.05) is 36.8 Å². The van der Waals surface area contributed by atoms with E-state index in [0.717, 1.165) is 17.8 Å². The van der Waals surface area contributed by atoms with Crippen LogP contribution in [0.15, 0.2) is 67.0 Å². The molecule has 6 nitrogen and oxygen atoms in total. The van der Waals surface area contributed by atoms with Gasteiger partial charge in [-0.3, -0.25) is 4.79 Å². The highest BCUT2D eigenvalue weighted by molar-refractivity contribution is 6.30. The van der Waals surface area contributed by atoms with Crippen molar-refractivity contribution < 1.29 is 9.53 Å². The monoisotopic (exact) mass is 450 g/mol. The Morgan fingerprint density at radius 2 is 1.94 bits per heavy atom. The number of nitrogens with zero attached hydrogens (tertiary/aromatic N) is 4. The maximum Gasteiger partial charge on any atom is 0.230 e. The van der Waals surface area contributed by atoms with Crippen LogP contribution >= 0.6 is 11.6 Å². The molecule has 7 heteroatoms. The molecule has 1 aliphatic heterocycles. The van der Waals surface area contributed by atoms with Crippen molar-refractivity contribution in [3.05, 3.63) is 77.6 Å². The van der Waals surface area contributed by atoms with Gasteiger partial charge in [0.15, 0.2) is 0 Å². The molecule has 2 heterocycles. The summed E-state index contributed by atoms with van der Waals surface area (Å²) in [4.78, 5) is 26.1. The van der Waals surface area contributed by atoms with Crippen molar-refractivity contribution in [2.45, 2.75) is 32.2 Å². The Labute approximate surface area is 193 Å². The van der Waals surface area contributed by atoms with Crippen LogP contribution in [0.25, 0.3) is 0 Å². The zero-order valence-electron chi connectivity index (χ0n) is 18.3. The number of halogens is 1. The van der Waals surface area contributed by atoms with Gasteiger partial charge in [0.05, 0.1) is 5.92 Å². The quantitative estimate of drug-likeness (QED) is 0.519. The predicted molar refractivity (Wildman–Crippen MR) is 126 cm³/mol. The number of amides is 1. The maximum atomic E-state index is 13.3. The van der Waals surface area contributed by atoms with E-state index in [4.69, 9.17) is 16.3 Å². The highest BCUT2D eigenvalue weighted by atomic mass is 35.5. The third-order valence-corrected chi connectivity index (χ3v) is 6.02. The fourth-order valence-corrected chi connectivity index (χ4v) is 4.32. The van der Waals surface area contributed by atoms with Crippen LogP contribution in [-0.2, 0) is 4.79 Å². The van der Waals surface area contributed by atoms with E-state index < -0.39 is 0 Å². The van der Waals surface area contributed by atoms with Crippen molar-refractivity contribution >= 4 is 23.3 Å². The summed E-state index contributed by atoms with van der Waals surface area (Å²) in [7, 11) is 0. The molecule has 1 saturated heterocycles. The smallest absolute Gasteiger partial charge is 0.230 e. The van der Waals surface area contributed by atoms with Crippen molar-refractivity contribution in [1.82, 2.24) is 14.9 Å². The van der Waals surface area contributed by atoms with Crippen LogP contribution in [0, 0.1) is 0 Å². The molecule has 1 amide bonds. The van der Waals surface area contributed by atoms with E-state index in [0.29, 0.717) is 36.3 Å². The van der Waals surface area contributed by atoms with Gasteiger partial charge in [0.1, 0.15) is 17.9 Å². The second kappa shape index (κ2) is 10.0. The number of carbonyl (C=O) groups excluding carboxylic acids is 1. The normalized spacial score (nSPS) is 17.2. The lowest BCUT2D eigenvalue weighted by Gasteiger charge is -2.41. The zero-order valence-corrected chi connectivity index (χ0v) is 19.1. The Kier molecular flexibility index (Phi) is 6.90. The van der Waals surface area contributed by atoms with E-state index in [1.54, 1.807) is 12.1 Å². The van der Waals surface area contributed by atoms with Crippen molar-refractivity contribution in [2.75, 3.05) is 24.5 Å². The zero-order chi connectivity index (χ0) is 22.5. The van der Waals surface area contributed by atoms with E-state index in [9.17, 15) is 4.79 Å². The molecular weight excluding hydrogens is 424 g/mol. The summed E-state index contributed by atoms with van der Waals surface area (Å²) in [6.07, 6.45) is 2.28. The Morgan fingerprint density at radius 3 is 2.66 bits per heavy atom. The number of anilines is 1. The number of piperazine rings is 1. The molecule has 0 saturated carbocycles. The number of hydrogen-bond acceptors (Lipinski definition) is 5. The first-order valence-corrected chi connectivity index (χ1v) is 11.3. The van der Waals surface area contributed by atoms with Crippen LogP contribution in [0.2, 0.25) is 5.02 Å². The van der Waals surface area contributed by atoms with Crippen LogP contribution in [0.4, 0.5) is 5.82 Å². The van der Waals surface area contributed by atoms with E-state index in [1.165, 1.54) is 6.33 Å². The topological polar surface area (TPSA) is 58.6 Å². The van der Waals surface area contributed by atoms with Gasteiger partial charge in [-0.25, -0.2) is 9.97 Å². The molecule has 2 aromatic carbocycles. The lowest BCUT2D eigenvalue weighted by Crippen LogP contribution is -2.55. The largest absolute Gasteiger partial charge is 0.439 e. The first kappa shape index (κ1) is 22.1. The number of benzene rings is 2. The molecule has 4 rings (SSSR count). The Balaban J connectivity index is 1.43. The lowest BCUT2D eigenvalue weighted by atomic mass is 9.94. The summed E-state index contributed by atoms with van der Waals surface area (Å²) < 4.78 is 5.85. The average molecular weight is 451 g/mol. The molecule has 0 bridgehead atoms. The highest BCUT2D eigenvalue weighted by Crippen LogP contribution is 2.28. The molecule has 0 N–H and O–H groups in total. The molecule has 0 radical (unpaired) electrons. The fourth-order valence-electron chi connectivity index (χ4n) is 4.14. The van der Waals surface area contributed by atoms with E-state index in [2.05, 4.69) is 28.7 Å². The van der Waals surface area contributed by atoms with E-state index in [-0.39, 0.29) is 17.9 Å². The summed E-state index contributed by atoms with van der Waals surface area (Å²) in [5.41, 5.74) is 1.08. The first-order valence-electron chi connectivity index (χ1n) is 10.9. The van der Waals surface area contributed by atoms with Gasteiger partial charge >= 0.3 is 0 Å². The molecule has 0 spiro atoms. The summed E-state index contributed by atoms with van der Waals surface area (Å²) in [5, 5.41) is 0.604. The Hall–Kier alpha value is -3.12. The minimum absolute atomic E-state index is 0.0706. The molecule has 1 aromatic heterocycles.